The Morgan fingerprint density at radius 3 is 2.52 bits per heavy atom. The first-order valence-corrected chi connectivity index (χ1v) is 8.52. The molecule has 6 nitrogen and oxygen atoms in total. The first kappa shape index (κ1) is 17.8. The smallest absolute Gasteiger partial charge is 0.407 e. The summed E-state index contributed by atoms with van der Waals surface area (Å²) >= 11 is 0. The Hall–Kier alpha value is -1.56. The number of amides is 1. The molecule has 0 unspecified atom stereocenters. The summed E-state index contributed by atoms with van der Waals surface area (Å²) in [5.41, 5.74) is 0.829. The lowest BCUT2D eigenvalue weighted by Gasteiger charge is -2.30. The van der Waals surface area contributed by atoms with Gasteiger partial charge in [0.25, 0.3) is 0 Å². The van der Waals surface area contributed by atoms with E-state index in [4.69, 9.17) is 4.74 Å². The van der Waals surface area contributed by atoms with Crippen LogP contribution in [-0.2, 0) is 18.2 Å². The van der Waals surface area contributed by atoms with Gasteiger partial charge in [-0.2, -0.15) is 5.10 Å². The standard InChI is InChI=1S/C17H30N4O2/c1-17(2,3)23-16(22)20-15-7-5-14(6-8-15)18-10-9-13-11-19-21(4)12-13/h11-12,14-15,18H,5-10H2,1-4H3,(H,20,22). The van der Waals surface area contributed by atoms with E-state index in [2.05, 4.69) is 21.9 Å². The molecular weight excluding hydrogens is 292 g/mol. The third kappa shape index (κ3) is 6.60. The van der Waals surface area contributed by atoms with Gasteiger partial charge >= 0.3 is 6.09 Å². The van der Waals surface area contributed by atoms with Crippen LogP contribution in [0.2, 0.25) is 0 Å². The van der Waals surface area contributed by atoms with Crippen LogP contribution < -0.4 is 10.6 Å². The maximum Gasteiger partial charge on any atom is 0.407 e. The lowest BCUT2D eigenvalue weighted by molar-refractivity contribution is 0.0490. The molecule has 1 aliphatic rings. The van der Waals surface area contributed by atoms with E-state index in [0.717, 1.165) is 38.6 Å². The minimum Gasteiger partial charge on any atom is -0.444 e. The van der Waals surface area contributed by atoms with Crippen LogP contribution in [0, 0.1) is 0 Å². The number of aromatic nitrogens is 2. The van der Waals surface area contributed by atoms with Crippen molar-refractivity contribution in [3.8, 4) is 0 Å². The van der Waals surface area contributed by atoms with Crippen LogP contribution >= 0.6 is 0 Å². The lowest BCUT2D eigenvalue weighted by atomic mass is 9.91. The fraction of sp³-hybridized carbons (Fsp3) is 0.765. The summed E-state index contributed by atoms with van der Waals surface area (Å²) in [6.45, 7) is 6.63. The van der Waals surface area contributed by atoms with E-state index in [0.29, 0.717) is 6.04 Å². The summed E-state index contributed by atoms with van der Waals surface area (Å²) < 4.78 is 7.15. The number of hydrogen-bond acceptors (Lipinski definition) is 4. The molecule has 1 aromatic rings. The molecule has 0 radical (unpaired) electrons. The average molecular weight is 322 g/mol. The van der Waals surface area contributed by atoms with E-state index in [1.807, 2.05) is 38.7 Å². The predicted octanol–water partition coefficient (Wildman–Crippen LogP) is 2.39. The summed E-state index contributed by atoms with van der Waals surface area (Å²) in [4.78, 5) is 11.8. The molecule has 0 aliphatic heterocycles. The molecular formula is C17H30N4O2. The van der Waals surface area contributed by atoms with E-state index in [1.54, 1.807) is 0 Å². The summed E-state index contributed by atoms with van der Waals surface area (Å²) in [7, 11) is 1.94. The van der Waals surface area contributed by atoms with Crippen molar-refractivity contribution in [2.24, 2.45) is 7.05 Å². The van der Waals surface area contributed by atoms with Crippen molar-refractivity contribution in [1.29, 1.82) is 0 Å². The zero-order valence-corrected chi connectivity index (χ0v) is 14.8. The van der Waals surface area contributed by atoms with Gasteiger partial charge in [0.2, 0.25) is 0 Å². The normalized spacial score (nSPS) is 21.9. The minimum atomic E-state index is -0.435. The van der Waals surface area contributed by atoms with E-state index >= 15 is 0 Å². The number of nitrogens with one attached hydrogen (secondary N) is 2. The van der Waals surface area contributed by atoms with E-state index in [1.165, 1.54) is 5.56 Å². The molecule has 2 N–H and O–H groups in total. The number of alkyl carbamates (subject to hydrolysis) is 1. The highest BCUT2D eigenvalue weighted by Crippen LogP contribution is 2.19. The number of ether oxygens (including phenoxy) is 1. The highest BCUT2D eigenvalue weighted by Gasteiger charge is 2.24. The van der Waals surface area contributed by atoms with Crippen LogP contribution in [0.3, 0.4) is 0 Å². The number of hydrogen-bond donors (Lipinski definition) is 2. The van der Waals surface area contributed by atoms with Gasteiger partial charge in [0.1, 0.15) is 5.60 Å². The number of aryl methyl sites for hydroxylation is 1. The Morgan fingerprint density at radius 1 is 1.30 bits per heavy atom. The van der Waals surface area contributed by atoms with Gasteiger partial charge in [-0.1, -0.05) is 0 Å². The first-order chi connectivity index (χ1) is 10.8. The molecule has 1 amide bonds. The molecule has 1 aromatic heterocycles. The van der Waals surface area contributed by atoms with Crippen LogP contribution in [0.5, 0.6) is 0 Å². The second-order valence-corrected chi connectivity index (χ2v) is 7.42. The molecule has 1 saturated carbocycles. The van der Waals surface area contributed by atoms with Gasteiger partial charge in [0.05, 0.1) is 6.20 Å². The maximum absolute atomic E-state index is 11.8. The molecule has 0 bridgehead atoms. The van der Waals surface area contributed by atoms with Gasteiger partial charge in [-0.05, 0) is 65.0 Å². The quantitative estimate of drug-likeness (QED) is 0.873. The molecule has 0 saturated heterocycles. The molecule has 1 heterocycles. The third-order valence-electron chi connectivity index (χ3n) is 4.05. The Kier molecular flexibility index (Phi) is 6.04. The zero-order chi connectivity index (χ0) is 16.9. The van der Waals surface area contributed by atoms with Crippen LogP contribution in [0.4, 0.5) is 4.79 Å². The average Bonchev–Trinajstić information content (AvgIpc) is 2.84. The van der Waals surface area contributed by atoms with Crippen molar-refractivity contribution >= 4 is 6.09 Å². The molecule has 1 aliphatic carbocycles. The Balaban J connectivity index is 1.61. The molecule has 23 heavy (non-hydrogen) atoms. The van der Waals surface area contributed by atoms with E-state index in [-0.39, 0.29) is 12.1 Å². The second kappa shape index (κ2) is 7.81. The highest BCUT2D eigenvalue weighted by molar-refractivity contribution is 5.68. The van der Waals surface area contributed by atoms with Crippen LogP contribution in [0.15, 0.2) is 12.4 Å². The lowest BCUT2D eigenvalue weighted by Crippen LogP contribution is -2.44. The molecule has 0 spiro atoms. The van der Waals surface area contributed by atoms with Gasteiger partial charge in [0, 0.05) is 25.3 Å². The second-order valence-electron chi connectivity index (χ2n) is 7.42. The van der Waals surface area contributed by atoms with Crippen molar-refractivity contribution in [3.05, 3.63) is 18.0 Å². The maximum atomic E-state index is 11.8. The van der Waals surface area contributed by atoms with Crippen molar-refractivity contribution in [2.75, 3.05) is 6.54 Å². The molecule has 2 rings (SSSR count). The predicted molar refractivity (Wildman–Crippen MR) is 90.3 cm³/mol. The summed E-state index contributed by atoms with van der Waals surface area (Å²) in [6, 6.07) is 0.782. The van der Waals surface area contributed by atoms with Crippen molar-refractivity contribution in [3.63, 3.8) is 0 Å². The number of rotatable bonds is 5. The number of nitrogens with zero attached hydrogens (tertiary/aromatic N) is 2. The molecule has 0 atom stereocenters. The largest absolute Gasteiger partial charge is 0.444 e. The summed E-state index contributed by atoms with van der Waals surface area (Å²) in [5.74, 6) is 0. The van der Waals surface area contributed by atoms with Crippen LogP contribution in [0.25, 0.3) is 0 Å². The minimum absolute atomic E-state index is 0.237. The number of carbonyl (C=O) groups is 1. The van der Waals surface area contributed by atoms with E-state index in [9.17, 15) is 4.79 Å². The Bertz CT molecular complexity index is 499. The van der Waals surface area contributed by atoms with Crippen molar-refractivity contribution in [2.45, 2.75) is 70.6 Å². The highest BCUT2D eigenvalue weighted by atomic mass is 16.6. The monoisotopic (exact) mass is 322 g/mol. The topological polar surface area (TPSA) is 68.2 Å². The fourth-order valence-electron chi connectivity index (χ4n) is 2.94. The van der Waals surface area contributed by atoms with Gasteiger partial charge in [-0.15, -0.1) is 0 Å². The van der Waals surface area contributed by atoms with Gasteiger partial charge in [-0.25, -0.2) is 4.79 Å². The van der Waals surface area contributed by atoms with Crippen molar-refractivity contribution in [1.82, 2.24) is 20.4 Å². The zero-order valence-electron chi connectivity index (χ0n) is 14.8. The SMILES string of the molecule is Cn1cc(CCNC2CCC(NC(=O)OC(C)(C)C)CC2)cn1. The molecule has 130 valence electrons. The summed E-state index contributed by atoms with van der Waals surface area (Å²) in [5, 5.41) is 10.8. The van der Waals surface area contributed by atoms with Gasteiger partial charge in [0.15, 0.2) is 0 Å². The Labute approximate surface area is 139 Å². The number of carbonyl (C=O) groups excluding carboxylic acids is 1. The molecule has 0 aromatic carbocycles. The van der Waals surface area contributed by atoms with Gasteiger partial charge < -0.3 is 15.4 Å². The molecule has 6 heteroatoms. The fourth-order valence-corrected chi connectivity index (χ4v) is 2.94. The van der Waals surface area contributed by atoms with Crippen LogP contribution in [-0.4, -0.2) is 40.1 Å². The van der Waals surface area contributed by atoms with Crippen molar-refractivity contribution < 1.29 is 9.53 Å². The van der Waals surface area contributed by atoms with Crippen LogP contribution in [0.1, 0.15) is 52.0 Å². The van der Waals surface area contributed by atoms with E-state index < -0.39 is 5.60 Å². The third-order valence-corrected chi connectivity index (χ3v) is 4.05. The first-order valence-electron chi connectivity index (χ1n) is 8.52. The Morgan fingerprint density at radius 2 is 1.96 bits per heavy atom. The molecule has 1 fully saturated rings. The van der Waals surface area contributed by atoms with Gasteiger partial charge in [-0.3, -0.25) is 4.68 Å². The summed E-state index contributed by atoms with van der Waals surface area (Å²) in [6.07, 6.45) is 8.87.